The van der Waals surface area contributed by atoms with E-state index in [-0.39, 0.29) is 11.9 Å². The lowest BCUT2D eigenvalue weighted by molar-refractivity contribution is 0.0695. The lowest BCUT2D eigenvalue weighted by Crippen LogP contribution is -2.43. The van der Waals surface area contributed by atoms with Gasteiger partial charge in [0.1, 0.15) is 5.69 Å². The minimum absolute atomic E-state index is 0.0134. The van der Waals surface area contributed by atoms with Crippen LogP contribution in [0.25, 0.3) is 0 Å². The second kappa shape index (κ2) is 6.78. The van der Waals surface area contributed by atoms with E-state index >= 15 is 0 Å². The number of allylic oxidation sites excluding steroid dienone is 2. The Kier molecular flexibility index (Phi) is 4.46. The number of carbonyl (C=O) groups excluding carboxylic acids is 2. The van der Waals surface area contributed by atoms with E-state index in [1.807, 2.05) is 24.9 Å². The van der Waals surface area contributed by atoms with Crippen molar-refractivity contribution in [2.75, 3.05) is 32.7 Å². The van der Waals surface area contributed by atoms with Gasteiger partial charge in [-0.15, -0.1) is 0 Å². The van der Waals surface area contributed by atoms with Crippen molar-refractivity contribution in [1.82, 2.24) is 24.9 Å². The molecule has 26 heavy (non-hydrogen) atoms. The molecule has 140 valence electrons. The Morgan fingerprint density at radius 1 is 1.38 bits per heavy atom. The molecule has 3 amide bonds. The molecule has 0 radical (unpaired) electrons. The van der Waals surface area contributed by atoms with E-state index in [4.69, 9.17) is 0 Å². The molecule has 2 fully saturated rings. The van der Waals surface area contributed by atoms with Crippen LogP contribution in [0, 0.1) is 24.7 Å². The predicted octanol–water partition coefficient (Wildman–Crippen LogP) is 1.41. The van der Waals surface area contributed by atoms with Crippen molar-refractivity contribution < 1.29 is 9.59 Å². The van der Waals surface area contributed by atoms with E-state index in [2.05, 4.69) is 22.6 Å². The van der Waals surface area contributed by atoms with Gasteiger partial charge in [0.05, 0.1) is 5.69 Å². The maximum Gasteiger partial charge on any atom is 0.317 e. The van der Waals surface area contributed by atoms with Crippen molar-refractivity contribution in [1.29, 1.82) is 0 Å². The van der Waals surface area contributed by atoms with Gasteiger partial charge in [-0.3, -0.25) is 9.48 Å². The van der Waals surface area contributed by atoms with Gasteiger partial charge in [-0.05, 0) is 43.6 Å². The Hall–Kier alpha value is -2.31. The lowest BCUT2D eigenvalue weighted by atomic mass is 9.93. The maximum atomic E-state index is 13.2. The number of amides is 3. The second-order valence-corrected chi connectivity index (χ2v) is 7.81. The molecule has 0 unspecified atom stereocenters. The van der Waals surface area contributed by atoms with Gasteiger partial charge in [0.15, 0.2) is 0 Å². The third kappa shape index (κ3) is 3.22. The number of rotatable bonds is 6. The van der Waals surface area contributed by atoms with Crippen LogP contribution in [0.5, 0.6) is 0 Å². The molecule has 1 aliphatic heterocycles. The maximum absolute atomic E-state index is 13.2. The molecule has 4 rings (SSSR count). The van der Waals surface area contributed by atoms with Crippen molar-refractivity contribution in [3.63, 3.8) is 0 Å². The van der Waals surface area contributed by atoms with Crippen LogP contribution in [0.2, 0.25) is 0 Å². The highest BCUT2D eigenvalue weighted by molar-refractivity contribution is 5.92. The number of nitrogens with one attached hydrogen (secondary N) is 1. The Labute approximate surface area is 154 Å². The highest BCUT2D eigenvalue weighted by Gasteiger charge is 2.37. The quantitative estimate of drug-likeness (QED) is 0.783. The zero-order valence-electron chi connectivity index (χ0n) is 15.5. The van der Waals surface area contributed by atoms with Crippen LogP contribution in [-0.2, 0) is 7.05 Å². The molecule has 3 atom stereocenters. The lowest BCUT2D eigenvalue weighted by Gasteiger charge is -2.30. The van der Waals surface area contributed by atoms with Crippen LogP contribution < -0.4 is 5.32 Å². The number of fused-ring (bicyclic) bond motifs is 2. The number of carbonyl (C=O) groups is 2. The van der Waals surface area contributed by atoms with Gasteiger partial charge >= 0.3 is 6.03 Å². The van der Waals surface area contributed by atoms with Gasteiger partial charge in [-0.1, -0.05) is 12.2 Å². The largest absolute Gasteiger partial charge is 0.336 e. The van der Waals surface area contributed by atoms with Crippen LogP contribution in [-0.4, -0.2) is 64.2 Å². The Balaban J connectivity index is 1.48. The van der Waals surface area contributed by atoms with E-state index in [0.29, 0.717) is 49.6 Å². The molecule has 0 aromatic carbocycles. The summed E-state index contributed by atoms with van der Waals surface area (Å²) in [7, 11) is 1.81. The van der Waals surface area contributed by atoms with Gasteiger partial charge in [0.25, 0.3) is 5.91 Å². The fraction of sp³-hybridized carbons (Fsp3) is 0.632. The van der Waals surface area contributed by atoms with Gasteiger partial charge in [0, 0.05) is 39.8 Å². The Morgan fingerprint density at radius 3 is 2.81 bits per heavy atom. The van der Waals surface area contributed by atoms with Crippen LogP contribution in [0.15, 0.2) is 18.2 Å². The molecule has 2 aliphatic carbocycles. The first kappa shape index (κ1) is 17.1. The van der Waals surface area contributed by atoms with Crippen molar-refractivity contribution >= 4 is 11.9 Å². The first-order valence-corrected chi connectivity index (χ1v) is 9.52. The highest BCUT2D eigenvalue weighted by atomic mass is 16.2. The summed E-state index contributed by atoms with van der Waals surface area (Å²) in [5.74, 6) is 1.82. The molecule has 2 heterocycles. The van der Waals surface area contributed by atoms with Crippen LogP contribution in [0.1, 0.15) is 29.0 Å². The van der Waals surface area contributed by atoms with Crippen molar-refractivity contribution in [3.05, 3.63) is 29.6 Å². The average Bonchev–Trinajstić information content (AvgIpc) is 3.37. The molecular formula is C19H27N5O2. The van der Waals surface area contributed by atoms with E-state index in [1.54, 1.807) is 9.58 Å². The first-order valence-electron chi connectivity index (χ1n) is 9.52. The molecular weight excluding hydrogens is 330 g/mol. The molecule has 3 aliphatic rings. The normalized spacial score (nSPS) is 26.6. The molecule has 2 bridgehead atoms. The number of urea groups is 1. The summed E-state index contributed by atoms with van der Waals surface area (Å²) in [6, 6.07) is 1.81. The summed E-state index contributed by atoms with van der Waals surface area (Å²) in [6.45, 7) is 5.19. The molecule has 0 spiro atoms. The summed E-state index contributed by atoms with van der Waals surface area (Å²) >= 11 is 0. The fourth-order valence-electron chi connectivity index (χ4n) is 4.60. The third-order valence-electron chi connectivity index (χ3n) is 5.96. The predicted molar refractivity (Wildman–Crippen MR) is 97.7 cm³/mol. The summed E-state index contributed by atoms with van der Waals surface area (Å²) in [4.78, 5) is 28.7. The number of aromatic nitrogens is 2. The fourth-order valence-corrected chi connectivity index (χ4v) is 4.60. The van der Waals surface area contributed by atoms with E-state index in [0.717, 1.165) is 12.2 Å². The number of hydrogen-bond donors (Lipinski definition) is 1. The van der Waals surface area contributed by atoms with E-state index < -0.39 is 0 Å². The Bertz CT molecular complexity index is 740. The molecule has 1 saturated carbocycles. The topological polar surface area (TPSA) is 70.5 Å². The van der Waals surface area contributed by atoms with Gasteiger partial charge in [-0.2, -0.15) is 5.10 Å². The monoisotopic (exact) mass is 357 g/mol. The zero-order chi connectivity index (χ0) is 18.3. The zero-order valence-corrected chi connectivity index (χ0v) is 15.5. The van der Waals surface area contributed by atoms with Crippen molar-refractivity contribution in [2.24, 2.45) is 24.8 Å². The smallest absolute Gasteiger partial charge is 0.317 e. The summed E-state index contributed by atoms with van der Waals surface area (Å²) < 4.78 is 1.66. The Morgan fingerprint density at radius 2 is 2.23 bits per heavy atom. The SMILES string of the molecule is Cc1cc(C(=O)N(CCN2CCNC2=O)C[C@@H]2C[C@@H]3C=C[C@H]2C3)n(C)n1. The molecule has 7 nitrogen and oxygen atoms in total. The van der Waals surface area contributed by atoms with Crippen molar-refractivity contribution in [2.45, 2.75) is 19.8 Å². The number of nitrogens with zero attached hydrogens (tertiary/aromatic N) is 4. The van der Waals surface area contributed by atoms with Crippen molar-refractivity contribution in [3.8, 4) is 0 Å². The average molecular weight is 357 g/mol. The summed E-state index contributed by atoms with van der Waals surface area (Å²) in [5.41, 5.74) is 1.46. The summed E-state index contributed by atoms with van der Waals surface area (Å²) in [6.07, 6.45) is 7.04. The second-order valence-electron chi connectivity index (χ2n) is 7.81. The number of aryl methyl sites for hydroxylation is 2. The van der Waals surface area contributed by atoms with E-state index in [9.17, 15) is 9.59 Å². The van der Waals surface area contributed by atoms with Crippen LogP contribution in [0.4, 0.5) is 4.79 Å². The minimum atomic E-state index is -0.0309. The number of hydrogen-bond acceptors (Lipinski definition) is 3. The molecule has 7 heteroatoms. The van der Waals surface area contributed by atoms with Gasteiger partial charge in [0.2, 0.25) is 0 Å². The first-order chi connectivity index (χ1) is 12.5. The molecule has 1 saturated heterocycles. The standard InChI is InChI=1S/C19H27N5O2/c1-13-9-17(22(2)21-13)18(25)24(8-7-23-6-5-20-19(23)26)12-16-11-14-3-4-15(16)10-14/h3-4,9,14-16H,5-8,10-12H2,1-2H3,(H,20,26)/t14-,15+,16+/m1/s1. The summed E-state index contributed by atoms with van der Waals surface area (Å²) in [5, 5.41) is 7.14. The third-order valence-corrected chi connectivity index (χ3v) is 5.96. The minimum Gasteiger partial charge on any atom is -0.336 e. The molecule has 1 aromatic heterocycles. The molecule has 1 aromatic rings. The van der Waals surface area contributed by atoms with Crippen LogP contribution >= 0.6 is 0 Å². The molecule has 1 N–H and O–H groups in total. The van der Waals surface area contributed by atoms with Crippen LogP contribution in [0.3, 0.4) is 0 Å². The van der Waals surface area contributed by atoms with Gasteiger partial charge in [-0.25, -0.2) is 4.79 Å². The van der Waals surface area contributed by atoms with Gasteiger partial charge < -0.3 is 15.1 Å². The van der Waals surface area contributed by atoms with E-state index in [1.165, 1.54) is 12.8 Å². The highest BCUT2D eigenvalue weighted by Crippen LogP contribution is 2.43.